The number of benzene rings is 2. The van der Waals surface area contributed by atoms with Crippen LogP contribution in [0.5, 0.6) is 5.75 Å². The van der Waals surface area contributed by atoms with Gasteiger partial charge in [-0.2, -0.15) is 0 Å². The Morgan fingerprint density at radius 1 is 1.19 bits per heavy atom. The van der Waals surface area contributed by atoms with Crippen molar-refractivity contribution in [3.8, 4) is 5.75 Å². The lowest BCUT2D eigenvalue weighted by Gasteiger charge is -2.37. The zero-order chi connectivity index (χ0) is 30.6. The zero-order valence-corrected chi connectivity index (χ0v) is 24.7. The summed E-state index contributed by atoms with van der Waals surface area (Å²) in [5, 5.41) is 18.5. The fourth-order valence-electron chi connectivity index (χ4n) is 6.12. The molecule has 1 fully saturated rings. The highest BCUT2D eigenvalue weighted by atomic mass is 35.5. The van der Waals surface area contributed by atoms with E-state index in [4.69, 9.17) is 27.9 Å². The Balaban J connectivity index is 1.70. The first-order chi connectivity index (χ1) is 19.8. The highest BCUT2D eigenvalue weighted by Crippen LogP contribution is 2.56. The van der Waals surface area contributed by atoms with Crippen LogP contribution in [-0.4, -0.2) is 47.1 Å². The van der Waals surface area contributed by atoms with Gasteiger partial charge in [0.25, 0.3) is 0 Å². The molecule has 0 aliphatic carbocycles. The van der Waals surface area contributed by atoms with Crippen LogP contribution in [0.2, 0.25) is 10.0 Å². The fraction of sp³-hybridized carbons (Fsp3) is 0.333. The van der Waals surface area contributed by atoms with Gasteiger partial charge in [-0.05, 0) is 47.7 Å². The molecule has 5 rings (SSSR count). The molecule has 1 aromatic heterocycles. The second-order valence-corrected chi connectivity index (χ2v) is 12.5. The van der Waals surface area contributed by atoms with Crippen LogP contribution in [0.3, 0.4) is 0 Å². The number of pyridine rings is 1. The number of anilines is 2. The molecule has 0 unspecified atom stereocenters. The van der Waals surface area contributed by atoms with Gasteiger partial charge in [0.05, 0.1) is 45.8 Å². The summed E-state index contributed by atoms with van der Waals surface area (Å²) in [6.45, 7) is 6.01. The largest absolute Gasteiger partial charge is 0.495 e. The lowest BCUT2D eigenvalue weighted by Crippen LogP contribution is -2.50. The van der Waals surface area contributed by atoms with Gasteiger partial charge in [-0.3, -0.25) is 14.6 Å². The second kappa shape index (κ2) is 10.8. The fourth-order valence-corrected chi connectivity index (χ4v) is 6.46. The molecule has 2 aliphatic heterocycles. The van der Waals surface area contributed by atoms with Crippen molar-refractivity contribution in [1.29, 1.82) is 0 Å². The van der Waals surface area contributed by atoms with E-state index < -0.39 is 47.0 Å². The minimum absolute atomic E-state index is 0.0316. The van der Waals surface area contributed by atoms with E-state index in [1.54, 1.807) is 12.1 Å². The maximum atomic E-state index is 15.9. The van der Waals surface area contributed by atoms with Crippen molar-refractivity contribution in [1.82, 2.24) is 10.3 Å². The number of hydrogen-bond donors (Lipinski definition) is 4. The van der Waals surface area contributed by atoms with Crippen LogP contribution >= 0.6 is 23.2 Å². The van der Waals surface area contributed by atoms with Gasteiger partial charge in [0.1, 0.15) is 17.0 Å². The van der Waals surface area contributed by atoms with Crippen molar-refractivity contribution in [2.45, 2.75) is 50.6 Å². The molecule has 2 aromatic carbocycles. The van der Waals surface area contributed by atoms with E-state index in [0.717, 1.165) is 0 Å². The summed E-state index contributed by atoms with van der Waals surface area (Å²) >= 11 is 12.4. The van der Waals surface area contributed by atoms with Gasteiger partial charge < -0.3 is 25.8 Å². The number of carboxylic acids is 1. The maximum absolute atomic E-state index is 15.9. The molecule has 4 N–H and O–H groups in total. The molecule has 0 bridgehead atoms. The average Bonchev–Trinajstić information content (AvgIpc) is 3.39. The third kappa shape index (κ3) is 4.97. The monoisotopic (exact) mass is 614 g/mol. The van der Waals surface area contributed by atoms with Gasteiger partial charge in [-0.1, -0.05) is 56.1 Å². The molecule has 1 saturated heterocycles. The lowest BCUT2D eigenvalue weighted by molar-refractivity contribution is -0.122. The summed E-state index contributed by atoms with van der Waals surface area (Å²) in [6.07, 6.45) is 1.84. The van der Waals surface area contributed by atoms with Crippen molar-refractivity contribution < 1.29 is 28.6 Å². The predicted octanol–water partition coefficient (Wildman–Crippen LogP) is 5.62. The summed E-state index contributed by atoms with van der Waals surface area (Å²) < 4.78 is 21.2. The number of carbonyl (C=O) groups excluding carboxylic acids is 2. The van der Waals surface area contributed by atoms with Gasteiger partial charge in [0, 0.05) is 18.2 Å². The summed E-state index contributed by atoms with van der Waals surface area (Å²) in [4.78, 5) is 44.3. The molecule has 1 spiro atoms. The quantitative estimate of drug-likeness (QED) is 0.283. The second-order valence-electron chi connectivity index (χ2n) is 11.7. The normalized spacial score (nSPS) is 23.0. The number of fused-ring (bicyclic) bond motifs is 2. The number of ether oxygens (including phenoxy) is 1. The molecule has 220 valence electrons. The Kier molecular flexibility index (Phi) is 7.67. The molecule has 42 heavy (non-hydrogen) atoms. The zero-order valence-electron chi connectivity index (χ0n) is 23.2. The van der Waals surface area contributed by atoms with E-state index in [-0.39, 0.29) is 33.0 Å². The average molecular weight is 615 g/mol. The summed E-state index contributed by atoms with van der Waals surface area (Å²) in [5.74, 6) is -3.93. The molecule has 9 nitrogen and oxygen atoms in total. The molecule has 0 saturated carbocycles. The predicted molar refractivity (Wildman–Crippen MR) is 157 cm³/mol. The molecule has 0 radical (unpaired) electrons. The van der Waals surface area contributed by atoms with Crippen LogP contribution in [0.1, 0.15) is 54.7 Å². The van der Waals surface area contributed by atoms with Crippen LogP contribution < -0.4 is 20.7 Å². The van der Waals surface area contributed by atoms with Gasteiger partial charge in [0.15, 0.2) is 0 Å². The van der Waals surface area contributed by atoms with Crippen molar-refractivity contribution >= 4 is 52.4 Å². The molecule has 4 atom stereocenters. The number of amides is 2. The SMILES string of the molecule is COc1cc(C(=O)O)ccc1NC(=O)[C@H]1N[C@H](CC(C)(C)C)[C@]2(C(=O)Nc3cc(Cl)cnc32)[C@@H]1c1cccc(Cl)c1F. The molecule has 2 amide bonds. The van der Waals surface area contributed by atoms with Crippen LogP contribution in [0, 0.1) is 11.2 Å². The minimum atomic E-state index is -1.52. The van der Waals surface area contributed by atoms with Crippen LogP contribution in [-0.2, 0) is 15.0 Å². The third-order valence-corrected chi connectivity index (χ3v) is 8.24. The Morgan fingerprint density at radius 3 is 2.60 bits per heavy atom. The molecule has 3 aromatic rings. The smallest absolute Gasteiger partial charge is 0.335 e. The molecule has 3 heterocycles. The van der Waals surface area contributed by atoms with E-state index >= 15 is 4.39 Å². The third-order valence-electron chi connectivity index (χ3n) is 7.75. The summed E-state index contributed by atoms with van der Waals surface area (Å²) in [5.41, 5.74) is -0.865. The van der Waals surface area contributed by atoms with Gasteiger partial charge in [-0.15, -0.1) is 0 Å². The maximum Gasteiger partial charge on any atom is 0.335 e. The van der Waals surface area contributed by atoms with Crippen molar-refractivity contribution in [3.63, 3.8) is 0 Å². The van der Waals surface area contributed by atoms with Crippen molar-refractivity contribution in [3.05, 3.63) is 81.3 Å². The number of carbonyl (C=O) groups is 3. The highest BCUT2D eigenvalue weighted by molar-refractivity contribution is 6.31. The molecule has 12 heteroatoms. The first-order valence-electron chi connectivity index (χ1n) is 13.2. The number of aromatic nitrogens is 1. The van der Waals surface area contributed by atoms with Gasteiger partial charge >= 0.3 is 5.97 Å². The first kappa shape index (κ1) is 29.8. The van der Waals surface area contributed by atoms with Crippen LogP contribution in [0.25, 0.3) is 0 Å². The Hall–Kier alpha value is -3.73. The number of halogens is 3. The Bertz CT molecular complexity index is 1610. The number of nitrogens with zero attached hydrogens (tertiary/aromatic N) is 1. The highest BCUT2D eigenvalue weighted by Gasteiger charge is 2.67. The Labute approximate surface area is 251 Å². The van der Waals surface area contributed by atoms with E-state index in [0.29, 0.717) is 22.8 Å². The summed E-state index contributed by atoms with van der Waals surface area (Å²) in [6, 6.07) is 8.27. The number of hydrogen-bond acceptors (Lipinski definition) is 6. The van der Waals surface area contributed by atoms with E-state index in [2.05, 4.69) is 20.9 Å². The molecular weight excluding hydrogens is 586 g/mol. The number of aromatic carboxylic acids is 1. The molecular formula is C30H29Cl2FN4O5. The first-order valence-corrected chi connectivity index (χ1v) is 13.9. The van der Waals surface area contributed by atoms with E-state index in [1.165, 1.54) is 43.6 Å². The van der Waals surface area contributed by atoms with E-state index in [9.17, 15) is 19.5 Å². The molecule has 2 aliphatic rings. The minimum Gasteiger partial charge on any atom is -0.495 e. The van der Waals surface area contributed by atoms with Crippen LogP contribution in [0.15, 0.2) is 48.7 Å². The van der Waals surface area contributed by atoms with Gasteiger partial charge in [-0.25, -0.2) is 9.18 Å². The van der Waals surface area contributed by atoms with Gasteiger partial charge in [0.2, 0.25) is 11.8 Å². The Morgan fingerprint density at radius 2 is 1.93 bits per heavy atom. The standard InChI is InChI=1S/C30H29Cl2FN4O5/c1-29(2,3)12-21-30(25-19(36-28(30)41)11-15(31)13-34-25)22(16-6-5-7-17(32)23(16)33)24(37-21)26(38)35-18-9-8-14(27(39)40)10-20(18)42-4/h5-11,13,21-22,24,37H,12H2,1-4H3,(H,35,38)(H,36,41)(H,39,40)/t21-,22-,24+,30+/m1/s1. The summed E-state index contributed by atoms with van der Waals surface area (Å²) in [7, 11) is 1.35. The van der Waals surface area contributed by atoms with Crippen molar-refractivity contribution in [2.75, 3.05) is 17.7 Å². The number of rotatable bonds is 6. The van der Waals surface area contributed by atoms with Crippen LogP contribution in [0.4, 0.5) is 15.8 Å². The number of carboxylic acid groups (broad SMARTS) is 1. The topological polar surface area (TPSA) is 130 Å². The lowest BCUT2D eigenvalue weighted by atomic mass is 9.64. The van der Waals surface area contributed by atoms with E-state index in [1.807, 2.05) is 20.8 Å². The number of methoxy groups -OCH3 is 1. The van der Waals surface area contributed by atoms with Crippen molar-refractivity contribution in [2.24, 2.45) is 5.41 Å². The number of nitrogens with one attached hydrogen (secondary N) is 3.